The van der Waals surface area contributed by atoms with Gasteiger partial charge in [0.15, 0.2) is 0 Å². The third-order valence-corrected chi connectivity index (χ3v) is 2.34. The first-order valence-corrected chi connectivity index (χ1v) is 5.40. The van der Waals surface area contributed by atoms with Gasteiger partial charge in [0.1, 0.15) is 0 Å². The van der Waals surface area contributed by atoms with E-state index in [0.717, 1.165) is 25.2 Å². The van der Waals surface area contributed by atoms with E-state index >= 15 is 0 Å². The molecule has 0 fully saturated rings. The molecular weight excluding hydrogens is 203 g/mol. The van der Waals surface area contributed by atoms with Gasteiger partial charge in [0.2, 0.25) is 0 Å². The van der Waals surface area contributed by atoms with Crippen molar-refractivity contribution in [3.05, 3.63) is 29.8 Å². The highest BCUT2D eigenvalue weighted by atomic mass is 16.4. The molecule has 0 aliphatic carbocycles. The van der Waals surface area contributed by atoms with E-state index < -0.39 is 7.12 Å². The molecule has 3 N–H and O–H groups in total. The van der Waals surface area contributed by atoms with Gasteiger partial charge in [-0.1, -0.05) is 24.3 Å². The van der Waals surface area contributed by atoms with E-state index in [0.29, 0.717) is 5.46 Å². The van der Waals surface area contributed by atoms with Crippen LogP contribution in [0.15, 0.2) is 24.3 Å². The van der Waals surface area contributed by atoms with Crippen LogP contribution in [0.1, 0.15) is 5.56 Å². The second-order valence-electron chi connectivity index (χ2n) is 4.10. The van der Waals surface area contributed by atoms with Gasteiger partial charge in [-0.15, -0.1) is 0 Å². The van der Waals surface area contributed by atoms with Crippen LogP contribution in [-0.2, 0) is 6.54 Å². The Hall–Kier alpha value is -0.875. The van der Waals surface area contributed by atoms with Crippen molar-refractivity contribution in [2.75, 3.05) is 27.2 Å². The van der Waals surface area contributed by atoms with E-state index in [4.69, 9.17) is 10.0 Å². The van der Waals surface area contributed by atoms with Crippen LogP contribution in [0.25, 0.3) is 0 Å². The van der Waals surface area contributed by atoms with Gasteiger partial charge in [0, 0.05) is 19.6 Å². The summed E-state index contributed by atoms with van der Waals surface area (Å²) in [5.74, 6) is 0. The molecule has 0 aliphatic heterocycles. The Balaban J connectivity index is 2.32. The van der Waals surface area contributed by atoms with Crippen LogP contribution in [-0.4, -0.2) is 49.3 Å². The van der Waals surface area contributed by atoms with E-state index in [1.165, 1.54) is 0 Å². The minimum atomic E-state index is -1.38. The standard InChI is InChI=1S/C11H19BN2O2/c1-14(2)8-7-13-9-10-3-5-11(6-4-10)12(15)16/h3-6,13,15-16H,7-9H2,1-2H3. The molecule has 0 saturated heterocycles. The molecule has 5 heteroatoms. The normalized spacial score (nSPS) is 10.8. The SMILES string of the molecule is CN(C)CCNCc1ccc(B(O)O)cc1. The summed E-state index contributed by atoms with van der Waals surface area (Å²) in [4.78, 5) is 2.12. The topological polar surface area (TPSA) is 55.7 Å². The largest absolute Gasteiger partial charge is 0.488 e. The van der Waals surface area contributed by atoms with Crippen molar-refractivity contribution in [1.29, 1.82) is 0 Å². The predicted molar refractivity (Wildman–Crippen MR) is 66.5 cm³/mol. The van der Waals surface area contributed by atoms with Gasteiger partial charge in [-0.05, 0) is 25.1 Å². The lowest BCUT2D eigenvalue weighted by Crippen LogP contribution is -2.30. The number of likely N-dealkylation sites (N-methyl/N-ethyl adjacent to an activating group) is 1. The Bertz CT molecular complexity index is 301. The lowest BCUT2D eigenvalue weighted by molar-refractivity contribution is 0.400. The molecule has 0 aromatic heterocycles. The first-order chi connectivity index (χ1) is 7.59. The Labute approximate surface area is 97.0 Å². The lowest BCUT2D eigenvalue weighted by atomic mass is 9.80. The average molecular weight is 222 g/mol. The summed E-state index contributed by atoms with van der Waals surface area (Å²) in [6, 6.07) is 7.26. The van der Waals surface area contributed by atoms with Crippen molar-refractivity contribution in [2.45, 2.75) is 6.54 Å². The Morgan fingerprint density at radius 1 is 1.19 bits per heavy atom. The smallest absolute Gasteiger partial charge is 0.423 e. The summed E-state index contributed by atoms with van der Waals surface area (Å²) in [6.45, 7) is 2.75. The molecule has 0 aliphatic rings. The van der Waals surface area contributed by atoms with Crippen molar-refractivity contribution in [3.8, 4) is 0 Å². The molecule has 0 spiro atoms. The van der Waals surface area contributed by atoms with Gasteiger partial charge >= 0.3 is 7.12 Å². The van der Waals surface area contributed by atoms with Crippen molar-refractivity contribution < 1.29 is 10.0 Å². The van der Waals surface area contributed by atoms with Gasteiger partial charge in [-0.25, -0.2) is 0 Å². The summed E-state index contributed by atoms with van der Waals surface area (Å²) < 4.78 is 0. The van der Waals surface area contributed by atoms with Gasteiger partial charge in [-0.2, -0.15) is 0 Å². The van der Waals surface area contributed by atoms with E-state index in [1.54, 1.807) is 12.1 Å². The first kappa shape index (κ1) is 13.2. The van der Waals surface area contributed by atoms with Crippen molar-refractivity contribution in [3.63, 3.8) is 0 Å². The van der Waals surface area contributed by atoms with E-state index in [-0.39, 0.29) is 0 Å². The van der Waals surface area contributed by atoms with E-state index in [9.17, 15) is 0 Å². The highest BCUT2D eigenvalue weighted by Crippen LogP contribution is 1.96. The van der Waals surface area contributed by atoms with Crippen molar-refractivity contribution in [1.82, 2.24) is 10.2 Å². The van der Waals surface area contributed by atoms with Crippen molar-refractivity contribution >= 4 is 12.6 Å². The second kappa shape index (κ2) is 6.65. The number of hydrogen-bond donors (Lipinski definition) is 3. The summed E-state index contributed by atoms with van der Waals surface area (Å²) in [5.41, 5.74) is 1.67. The highest BCUT2D eigenvalue weighted by Gasteiger charge is 2.09. The van der Waals surface area contributed by atoms with Gasteiger partial charge in [-0.3, -0.25) is 0 Å². The third kappa shape index (κ3) is 4.76. The van der Waals surface area contributed by atoms with Crippen LogP contribution < -0.4 is 10.8 Å². The molecule has 0 atom stereocenters. The number of nitrogens with zero attached hydrogens (tertiary/aromatic N) is 1. The fourth-order valence-electron chi connectivity index (χ4n) is 1.34. The number of hydrogen-bond acceptors (Lipinski definition) is 4. The second-order valence-corrected chi connectivity index (χ2v) is 4.10. The Morgan fingerprint density at radius 2 is 1.81 bits per heavy atom. The molecule has 0 unspecified atom stereocenters. The predicted octanol–water partition coefficient (Wildman–Crippen LogP) is -0.982. The monoisotopic (exact) mass is 222 g/mol. The number of benzene rings is 1. The third-order valence-electron chi connectivity index (χ3n) is 2.34. The molecule has 1 aromatic rings. The summed E-state index contributed by atoms with van der Waals surface area (Å²) >= 11 is 0. The molecule has 0 radical (unpaired) electrons. The highest BCUT2D eigenvalue weighted by molar-refractivity contribution is 6.58. The zero-order valence-electron chi connectivity index (χ0n) is 9.85. The zero-order valence-corrected chi connectivity index (χ0v) is 9.85. The zero-order chi connectivity index (χ0) is 12.0. The van der Waals surface area contributed by atoms with Gasteiger partial charge in [0.25, 0.3) is 0 Å². The van der Waals surface area contributed by atoms with Crippen LogP contribution in [0.2, 0.25) is 0 Å². The van der Waals surface area contributed by atoms with Crippen LogP contribution in [0.3, 0.4) is 0 Å². The molecule has 0 amide bonds. The Kier molecular flexibility index (Phi) is 5.48. The molecule has 0 bridgehead atoms. The minimum Gasteiger partial charge on any atom is -0.423 e. The van der Waals surface area contributed by atoms with Gasteiger partial charge < -0.3 is 20.3 Å². The summed E-state index contributed by atoms with van der Waals surface area (Å²) in [7, 11) is 2.70. The molecule has 1 rings (SSSR count). The van der Waals surface area contributed by atoms with Crippen LogP contribution in [0.4, 0.5) is 0 Å². The molecule has 4 nitrogen and oxygen atoms in total. The number of rotatable bonds is 6. The lowest BCUT2D eigenvalue weighted by Gasteiger charge is -2.10. The van der Waals surface area contributed by atoms with Crippen LogP contribution >= 0.6 is 0 Å². The maximum atomic E-state index is 8.92. The van der Waals surface area contributed by atoms with Crippen molar-refractivity contribution in [2.24, 2.45) is 0 Å². The summed E-state index contributed by atoms with van der Waals surface area (Å²) in [6.07, 6.45) is 0. The quantitative estimate of drug-likeness (QED) is 0.427. The average Bonchev–Trinajstić information content (AvgIpc) is 2.25. The molecule has 16 heavy (non-hydrogen) atoms. The molecular formula is C11H19BN2O2. The molecule has 88 valence electrons. The first-order valence-electron chi connectivity index (χ1n) is 5.40. The fraction of sp³-hybridized carbons (Fsp3) is 0.455. The van der Waals surface area contributed by atoms with Crippen LogP contribution in [0.5, 0.6) is 0 Å². The van der Waals surface area contributed by atoms with Crippen LogP contribution in [0, 0.1) is 0 Å². The maximum absolute atomic E-state index is 8.92. The van der Waals surface area contributed by atoms with Gasteiger partial charge in [0.05, 0.1) is 0 Å². The maximum Gasteiger partial charge on any atom is 0.488 e. The molecule has 0 saturated carbocycles. The Morgan fingerprint density at radius 3 is 2.31 bits per heavy atom. The number of nitrogens with one attached hydrogen (secondary N) is 1. The molecule has 0 heterocycles. The minimum absolute atomic E-state index is 0.525. The van der Waals surface area contributed by atoms with E-state index in [1.807, 2.05) is 26.2 Å². The fourth-order valence-corrected chi connectivity index (χ4v) is 1.34. The summed E-state index contributed by atoms with van der Waals surface area (Å²) in [5, 5.41) is 21.2. The van der Waals surface area contributed by atoms with E-state index in [2.05, 4.69) is 10.2 Å². The molecule has 1 aromatic carbocycles.